The van der Waals surface area contributed by atoms with E-state index in [2.05, 4.69) is 55.0 Å². The average molecular weight is 277 g/mol. The first kappa shape index (κ1) is 15.3. The Morgan fingerprint density at radius 3 is 3.00 bits per heavy atom. The van der Waals surface area contributed by atoms with Gasteiger partial charge in [0.05, 0.1) is 17.4 Å². The number of pyridine rings is 1. The first-order valence-electron chi connectivity index (χ1n) is 7.58. The molecule has 2 heterocycles. The average Bonchev–Trinajstić information content (AvgIpc) is 2.37. The smallest absolute Gasteiger partial charge is 0.0805 e. The number of ether oxygens (including phenoxy) is 1. The zero-order valence-electron chi connectivity index (χ0n) is 13.1. The standard InChI is InChI=1S/C16H27N3O/c1-5-7-17-10-14-9-15(6-8-18-14)19-11-13(2)20-16(3,4)12-19/h6,8-9,13,17H,5,7,10-12H2,1-4H3. The highest BCUT2D eigenvalue weighted by Gasteiger charge is 2.31. The second-order valence-electron chi connectivity index (χ2n) is 6.25. The molecule has 4 heteroatoms. The maximum absolute atomic E-state index is 5.97. The van der Waals surface area contributed by atoms with E-state index in [0.717, 1.165) is 38.3 Å². The second kappa shape index (κ2) is 6.55. The lowest BCUT2D eigenvalue weighted by Gasteiger charge is -2.43. The van der Waals surface area contributed by atoms with E-state index in [0.29, 0.717) is 0 Å². The van der Waals surface area contributed by atoms with Gasteiger partial charge in [0.25, 0.3) is 0 Å². The maximum Gasteiger partial charge on any atom is 0.0805 e. The number of rotatable bonds is 5. The molecular formula is C16H27N3O. The monoisotopic (exact) mass is 277 g/mol. The molecular weight excluding hydrogens is 250 g/mol. The molecule has 1 aliphatic rings. The maximum atomic E-state index is 5.97. The predicted molar refractivity (Wildman–Crippen MR) is 83.1 cm³/mol. The molecule has 0 radical (unpaired) electrons. The van der Waals surface area contributed by atoms with Crippen molar-refractivity contribution in [3.05, 3.63) is 24.0 Å². The van der Waals surface area contributed by atoms with E-state index in [-0.39, 0.29) is 11.7 Å². The van der Waals surface area contributed by atoms with Gasteiger partial charge in [0.2, 0.25) is 0 Å². The lowest BCUT2D eigenvalue weighted by Crippen LogP contribution is -2.52. The van der Waals surface area contributed by atoms with Crippen LogP contribution in [0.3, 0.4) is 0 Å². The summed E-state index contributed by atoms with van der Waals surface area (Å²) >= 11 is 0. The van der Waals surface area contributed by atoms with Gasteiger partial charge in [-0.3, -0.25) is 4.98 Å². The van der Waals surface area contributed by atoms with Crippen LogP contribution >= 0.6 is 0 Å². The summed E-state index contributed by atoms with van der Waals surface area (Å²) in [4.78, 5) is 6.84. The number of morpholine rings is 1. The van der Waals surface area contributed by atoms with Crippen LogP contribution < -0.4 is 10.2 Å². The van der Waals surface area contributed by atoms with E-state index in [1.165, 1.54) is 5.69 Å². The molecule has 1 aromatic rings. The van der Waals surface area contributed by atoms with Crippen LogP contribution in [0.4, 0.5) is 5.69 Å². The van der Waals surface area contributed by atoms with Gasteiger partial charge in [0.15, 0.2) is 0 Å². The zero-order chi connectivity index (χ0) is 14.6. The minimum absolute atomic E-state index is 0.0957. The number of hydrogen-bond donors (Lipinski definition) is 1. The van der Waals surface area contributed by atoms with Gasteiger partial charge in [-0.25, -0.2) is 0 Å². The van der Waals surface area contributed by atoms with Crippen molar-refractivity contribution in [2.75, 3.05) is 24.5 Å². The van der Waals surface area contributed by atoms with Gasteiger partial charge in [-0.05, 0) is 45.9 Å². The van der Waals surface area contributed by atoms with Crippen LogP contribution in [-0.2, 0) is 11.3 Å². The van der Waals surface area contributed by atoms with Crippen molar-refractivity contribution in [2.45, 2.75) is 52.4 Å². The van der Waals surface area contributed by atoms with E-state index < -0.39 is 0 Å². The lowest BCUT2D eigenvalue weighted by molar-refractivity contribution is -0.0749. The van der Waals surface area contributed by atoms with E-state index in [9.17, 15) is 0 Å². The van der Waals surface area contributed by atoms with E-state index in [1.54, 1.807) is 0 Å². The Morgan fingerprint density at radius 1 is 1.50 bits per heavy atom. The summed E-state index contributed by atoms with van der Waals surface area (Å²) in [7, 11) is 0. The molecule has 1 unspecified atom stereocenters. The van der Waals surface area contributed by atoms with Crippen LogP contribution in [0.1, 0.15) is 39.8 Å². The fraction of sp³-hybridized carbons (Fsp3) is 0.688. The molecule has 20 heavy (non-hydrogen) atoms. The molecule has 1 aliphatic heterocycles. The lowest BCUT2D eigenvalue weighted by atomic mass is 10.0. The van der Waals surface area contributed by atoms with Crippen molar-refractivity contribution >= 4 is 5.69 Å². The molecule has 1 saturated heterocycles. The summed E-state index contributed by atoms with van der Waals surface area (Å²) in [6.45, 7) is 12.4. The van der Waals surface area contributed by atoms with Gasteiger partial charge in [0.1, 0.15) is 0 Å². The van der Waals surface area contributed by atoms with Crippen LogP contribution in [0.2, 0.25) is 0 Å². The molecule has 0 bridgehead atoms. The minimum atomic E-state index is -0.0957. The van der Waals surface area contributed by atoms with Crippen molar-refractivity contribution in [3.63, 3.8) is 0 Å². The Bertz CT molecular complexity index is 433. The molecule has 1 aromatic heterocycles. The number of hydrogen-bond acceptors (Lipinski definition) is 4. The Balaban J connectivity index is 2.06. The normalized spacial score (nSPS) is 22.0. The summed E-state index contributed by atoms with van der Waals surface area (Å²) in [5, 5.41) is 3.40. The first-order chi connectivity index (χ1) is 9.50. The van der Waals surface area contributed by atoms with Gasteiger partial charge >= 0.3 is 0 Å². The van der Waals surface area contributed by atoms with Crippen LogP contribution in [0, 0.1) is 0 Å². The van der Waals surface area contributed by atoms with Crippen LogP contribution in [-0.4, -0.2) is 36.3 Å². The SMILES string of the molecule is CCCNCc1cc(N2CC(C)OC(C)(C)C2)ccn1. The highest BCUT2D eigenvalue weighted by atomic mass is 16.5. The third-order valence-corrected chi connectivity index (χ3v) is 3.47. The highest BCUT2D eigenvalue weighted by molar-refractivity contribution is 5.47. The van der Waals surface area contributed by atoms with Gasteiger partial charge in [-0.1, -0.05) is 6.92 Å². The van der Waals surface area contributed by atoms with Crippen molar-refractivity contribution in [1.29, 1.82) is 0 Å². The number of aromatic nitrogens is 1. The number of nitrogens with one attached hydrogen (secondary N) is 1. The molecule has 0 spiro atoms. The number of anilines is 1. The molecule has 112 valence electrons. The first-order valence-corrected chi connectivity index (χ1v) is 7.58. The summed E-state index contributed by atoms with van der Waals surface area (Å²) in [5.74, 6) is 0. The largest absolute Gasteiger partial charge is 0.369 e. The van der Waals surface area contributed by atoms with Gasteiger partial charge in [-0.2, -0.15) is 0 Å². The fourth-order valence-electron chi connectivity index (χ4n) is 2.80. The Hall–Kier alpha value is -1.13. The van der Waals surface area contributed by atoms with Crippen LogP contribution in [0.25, 0.3) is 0 Å². The van der Waals surface area contributed by atoms with Crippen LogP contribution in [0.5, 0.6) is 0 Å². The molecule has 1 N–H and O–H groups in total. The quantitative estimate of drug-likeness (QED) is 0.840. The van der Waals surface area contributed by atoms with E-state index in [1.807, 2.05) is 6.20 Å². The summed E-state index contributed by atoms with van der Waals surface area (Å²) < 4.78 is 5.97. The summed E-state index contributed by atoms with van der Waals surface area (Å²) in [6, 6.07) is 4.29. The molecule has 0 aromatic carbocycles. The van der Waals surface area contributed by atoms with E-state index in [4.69, 9.17) is 4.74 Å². The molecule has 2 rings (SSSR count). The van der Waals surface area contributed by atoms with Crippen molar-refractivity contribution in [1.82, 2.24) is 10.3 Å². The van der Waals surface area contributed by atoms with Crippen molar-refractivity contribution in [3.8, 4) is 0 Å². The van der Waals surface area contributed by atoms with Gasteiger partial charge in [0, 0.05) is 31.5 Å². The molecule has 0 amide bonds. The molecule has 0 saturated carbocycles. The topological polar surface area (TPSA) is 37.4 Å². The third kappa shape index (κ3) is 4.18. The second-order valence-corrected chi connectivity index (χ2v) is 6.25. The third-order valence-electron chi connectivity index (χ3n) is 3.47. The van der Waals surface area contributed by atoms with Gasteiger partial charge < -0.3 is 15.0 Å². The molecule has 4 nitrogen and oxygen atoms in total. The summed E-state index contributed by atoms with van der Waals surface area (Å²) in [5.41, 5.74) is 2.26. The summed E-state index contributed by atoms with van der Waals surface area (Å²) in [6.07, 6.45) is 3.31. The highest BCUT2D eigenvalue weighted by Crippen LogP contribution is 2.25. The Labute approximate surface area is 122 Å². The minimum Gasteiger partial charge on any atom is -0.369 e. The Kier molecular flexibility index (Phi) is 5.00. The van der Waals surface area contributed by atoms with Crippen molar-refractivity contribution in [2.24, 2.45) is 0 Å². The predicted octanol–water partition coefficient (Wildman–Crippen LogP) is 2.58. The van der Waals surface area contributed by atoms with E-state index >= 15 is 0 Å². The van der Waals surface area contributed by atoms with Crippen LogP contribution in [0.15, 0.2) is 18.3 Å². The fourth-order valence-corrected chi connectivity index (χ4v) is 2.80. The Morgan fingerprint density at radius 2 is 2.30 bits per heavy atom. The van der Waals surface area contributed by atoms with Crippen molar-refractivity contribution < 1.29 is 4.74 Å². The molecule has 1 fully saturated rings. The molecule has 1 atom stereocenters. The zero-order valence-corrected chi connectivity index (χ0v) is 13.1. The number of nitrogens with zero attached hydrogens (tertiary/aromatic N) is 2. The molecule has 0 aliphatic carbocycles. The van der Waals surface area contributed by atoms with Gasteiger partial charge in [-0.15, -0.1) is 0 Å².